The van der Waals surface area contributed by atoms with Gasteiger partial charge in [-0.1, -0.05) is 15.9 Å². The van der Waals surface area contributed by atoms with E-state index in [1.807, 2.05) is 26.1 Å². The molecule has 0 amide bonds. The van der Waals surface area contributed by atoms with E-state index in [0.717, 1.165) is 4.47 Å². The van der Waals surface area contributed by atoms with Gasteiger partial charge in [-0.25, -0.2) is 4.98 Å². The third-order valence-electron chi connectivity index (χ3n) is 2.58. The van der Waals surface area contributed by atoms with Crippen molar-refractivity contribution in [3.05, 3.63) is 39.4 Å². The van der Waals surface area contributed by atoms with Crippen molar-refractivity contribution in [1.82, 2.24) is 14.9 Å². The number of hydrogen-bond donors (Lipinski definition) is 1. The number of nitrogens with zero attached hydrogens (tertiary/aromatic N) is 2. The summed E-state index contributed by atoms with van der Waals surface area (Å²) < 4.78 is 2.46. The minimum atomic E-state index is -0.0663. The number of halogens is 1. The molecule has 84 valence electrons. The first-order valence-corrected chi connectivity index (χ1v) is 5.76. The van der Waals surface area contributed by atoms with Crippen LogP contribution in [0.1, 0.15) is 13.1 Å². The molecule has 0 saturated carbocycles. The number of benzene rings is 1. The maximum absolute atomic E-state index is 12.1. The van der Waals surface area contributed by atoms with Crippen LogP contribution in [0.2, 0.25) is 0 Å². The molecule has 1 unspecified atom stereocenters. The predicted molar refractivity (Wildman–Crippen MR) is 67.5 cm³/mol. The largest absolute Gasteiger partial charge is 0.300 e. The number of rotatable bonds is 2. The van der Waals surface area contributed by atoms with Gasteiger partial charge in [-0.2, -0.15) is 0 Å². The van der Waals surface area contributed by atoms with Gasteiger partial charge >= 0.3 is 0 Å². The highest BCUT2D eigenvalue weighted by molar-refractivity contribution is 9.10. The summed E-state index contributed by atoms with van der Waals surface area (Å²) in [5.74, 6) is 0. The molecule has 2 aromatic rings. The molecule has 2 rings (SSSR count). The van der Waals surface area contributed by atoms with E-state index < -0.39 is 0 Å². The molecule has 5 heteroatoms. The molecule has 0 aliphatic rings. The maximum Gasteiger partial charge on any atom is 0.262 e. The van der Waals surface area contributed by atoms with Gasteiger partial charge < -0.3 is 5.32 Å². The van der Waals surface area contributed by atoms with E-state index in [9.17, 15) is 4.79 Å². The maximum atomic E-state index is 12.1. The Morgan fingerprint density at radius 1 is 1.50 bits per heavy atom. The van der Waals surface area contributed by atoms with Crippen LogP contribution in [0.25, 0.3) is 10.9 Å². The van der Waals surface area contributed by atoms with Crippen LogP contribution in [-0.2, 0) is 0 Å². The van der Waals surface area contributed by atoms with Crippen LogP contribution in [0.15, 0.2) is 33.8 Å². The summed E-state index contributed by atoms with van der Waals surface area (Å²) in [6.45, 7) is 1.91. The molecular weight excluding hydrogens is 270 g/mol. The van der Waals surface area contributed by atoms with Crippen LogP contribution in [-0.4, -0.2) is 16.6 Å². The van der Waals surface area contributed by atoms with Crippen molar-refractivity contribution < 1.29 is 0 Å². The van der Waals surface area contributed by atoms with E-state index in [0.29, 0.717) is 10.9 Å². The molecule has 0 saturated heterocycles. The normalized spacial score (nSPS) is 12.9. The molecule has 0 spiro atoms. The molecular formula is C11H12BrN3O. The van der Waals surface area contributed by atoms with Gasteiger partial charge in [0.25, 0.3) is 5.56 Å². The summed E-state index contributed by atoms with van der Waals surface area (Å²) in [6, 6.07) is 5.50. The molecule has 1 aromatic heterocycles. The number of nitrogens with one attached hydrogen (secondary N) is 1. The predicted octanol–water partition coefficient (Wildman–Crippen LogP) is 1.90. The molecule has 4 nitrogen and oxygen atoms in total. The van der Waals surface area contributed by atoms with Gasteiger partial charge in [-0.15, -0.1) is 0 Å². The Morgan fingerprint density at radius 3 is 2.94 bits per heavy atom. The average Bonchev–Trinajstić information content (AvgIpc) is 2.29. The molecule has 1 aromatic carbocycles. The van der Waals surface area contributed by atoms with Crippen molar-refractivity contribution in [1.29, 1.82) is 0 Å². The van der Waals surface area contributed by atoms with Crippen molar-refractivity contribution >= 4 is 26.8 Å². The van der Waals surface area contributed by atoms with E-state index in [1.165, 1.54) is 0 Å². The first-order valence-electron chi connectivity index (χ1n) is 4.97. The minimum absolute atomic E-state index is 0.0341. The lowest BCUT2D eigenvalue weighted by Gasteiger charge is -2.13. The highest BCUT2D eigenvalue weighted by Gasteiger charge is 2.08. The fourth-order valence-electron chi connectivity index (χ4n) is 1.52. The molecule has 1 N–H and O–H groups in total. The summed E-state index contributed by atoms with van der Waals surface area (Å²) in [5, 5.41) is 3.64. The Kier molecular flexibility index (Phi) is 3.07. The smallest absolute Gasteiger partial charge is 0.262 e. The summed E-state index contributed by atoms with van der Waals surface area (Å²) in [4.78, 5) is 16.4. The Labute approximate surface area is 101 Å². The topological polar surface area (TPSA) is 46.9 Å². The van der Waals surface area contributed by atoms with Crippen molar-refractivity contribution in [2.45, 2.75) is 13.1 Å². The minimum Gasteiger partial charge on any atom is -0.300 e. The van der Waals surface area contributed by atoms with Crippen LogP contribution in [0, 0.1) is 0 Å². The third kappa shape index (κ3) is 1.88. The zero-order valence-corrected chi connectivity index (χ0v) is 10.7. The number of aromatic nitrogens is 2. The Hall–Kier alpha value is -1.20. The third-order valence-corrected chi connectivity index (χ3v) is 3.07. The van der Waals surface area contributed by atoms with E-state index in [1.54, 1.807) is 17.0 Å². The zero-order valence-electron chi connectivity index (χ0n) is 9.07. The fourth-order valence-corrected chi connectivity index (χ4v) is 1.88. The monoisotopic (exact) mass is 281 g/mol. The first-order chi connectivity index (χ1) is 7.63. The lowest BCUT2D eigenvalue weighted by molar-refractivity contribution is 0.460. The van der Waals surface area contributed by atoms with E-state index >= 15 is 0 Å². The molecule has 16 heavy (non-hydrogen) atoms. The number of fused-ring (bicyclic) bond motifs is 1. The van der Waals surface area contributed by atoms with E-state index in [2.05, 4.69) is 26.2 Å². The fraction of sp³-hybridized carbons (Fsp3) is 0.273. The summed E-state index contributed by atoms with van der Waals surface area (Å²) >= 11 is 3.35. The molecule has 0 radical (unpaired) electrons. The summed E-state index contributed by atoms with van der Waals surface area (Å²) in [7, 11) is 1.81. The highest BCUT2D eigenvalue weighted by atomic mass is 79.9. The van der Waals surface area contributed by atoms with E-state index in [-0.39, 0.29) is 11.7 Å². The van der Waals surface area contributed by atoms with E-state index in [4.69, 9.17) is 0 Å². The van der Waals surface area contributed by atoms with Crippen molar-refractivity contribution in [2.24, 2.45) is 0 Å². The van der Waals surface area contributed by atoms with Crippen LogP contribution in [0.5, 0.6) is 0 Å². The lowest BCUT2D eigenvalue weighted by atomic mass is 10.2. The second-order valence-electron chi connectivity index (χ2n) is 3.58. The van der Waals surface area contributed by atoms with Gasteiger partial charge in [-0.05, 0) is 32.2 Å². The molecule has 1 heterocycles. The standard InChI is InChI=1S/C11H12BrN3O/c1-7(13-2)15-6-14-10-4-3-8(12)5-9(10)11(15)16/h3-7,13H,1-2H3. The average molecular weight is 282 g/mol. The number of hydrogen-bond acceptors (Lipinski definition) is 3. The van der Waals surface area contributed by atoms with Crippen LogP contribution >= 0.6 is 15.9 Å². The zero-order chi connectivity index (χ0) is 11.7. The van der Waals surface area contributed by atoms with Crippen LogP contribution in [0.4, 0.5) is 0 Å². The van der Waals surface area contributed by atoms with Gasteiger partial charge in [0.05, 0.1) is 23.4 Å². The molecule has 0 bridgehead atoms. The van der Waals surface area contributed by atoms with Crippen molar-refractivity contribution in [2.75, 3.05) is 7.05 Å². The second kappa shape index (κ2) is 4.35. The first kappa shape index (κ1) is 11.3. The van der Waals surface area contributed by atoms with Gasteiger partial charge in [0.15, 0.2) is 0 Å². The summed E-state index contributed by atoms with van der Waals surface area (Å²) in [6.07, 6.45) is 1.50. The lowest BCUT2D eigenvalue weighted by Crippen LogP contribution is -2.30. The second-order valence-corrected chi connectivity index (χ2v) is 4.50. The van der Waals surface area contributed by atoms with Gasteiger partial charge in [0.1, 0.15) is 0 Å². The molecule has 0 fully saturated rings. The van der Waals surface area contributed by atoms with Crippen molar-refractivity contribution in [3.8, 4) is 0 Å². The Morgan fingerprint density at radius 2 is 2.25 bits per heavy atom. The molecule has 1 atom stereocenters. The Balaban J connectivity index is 2.73. The molecule has 0 aliphatic heterocycles. The van der Waals surface area contributed by atoms with Crippen LogP contribution < -0.4 is 10.9 Å². The summed E-state index contributed by atoms with van der Waals surface area (Å²) in [5.41, 5.74) is 0.681. The Bertz CT molecular complexity index is 579. The quantitative estimate of drug-likeness (QED) is 0.915. The highest BCUT2D eigenvalue weighted by Crippen LogP contribution is 2.15. The van der Waals surface area contributed by atoms with Crippen molar-refractivity contribution in [3.63, 3.8) is 0 Å². The van der Waals surface area contributed by atoms with Gasteiger partial charge in [0.2, 0.25) is 0 Å². The van der Waals surface area contributed by atoms with Gasteiger partial charge in [-0.3, -0.25) is 9.36 Å². The molecule has 0 aliphatic carbocycles. The van der Waals surface area contributed by atoms with Gasteiger partial charge in [0, 0.05) is 4.47 Å². The van der Waals surface area contributed by atoms with Crippen LogP contribution in [0.3, 0.4) is 0 Å². The SMILES string of the molecule is CNC(C)n1cnc2ccc(Br)cc2c1=O.